The van der Waals surface area contributed by atoms with Gasteiger partial charge in [0, 0.05) is 33.3 Å². The number of furan rings is 1. The zero-order valence-corrected chi connectivity index (χ0v) is 17.2. The van der Waals surface area contributed by atoms with E-state index >= 15 is 0 Å². The fraction of sp³-hybridized carbons (Fsp3) is 0.438. The van der Waals surface area contributed by atoms with Gasteiger partial charge in [-0.15, -0.1) is 4.09 Å². The number of ether oxygens (including phenoxy) is 1. The van der Waals surface area contributed by atoms with Gasteiger partial charge in [-0.25, -0.2) is 4.98 Å². The van der Waals surface area contributed by atoms with Gasteiger partial charge in [0.1, 0.15) is 11.2 Å². The van der Waals surface area contributed by atoms with Crippen LogP contribution in [0.25, 0.3) is 22.6 Å². The second-order valence-corrected chi connectivity index (χ2v) is 8.85. The van der Waals surface area contributed by atoms with Gasteiger partial charge < -0.3 is 14.1 Å². The van der Waals surface area contributed by atoms with E-state index in [9.17, 15) is 8.42 Å². The third-order valence-corrected chi connectivity index (χ3v) is 6.18. The van der Waals surface area contributed by atoms with E-state index in [1.165, 1.54) is 14.1 Å². The van der Waals surface area contributed by atoms with Crippen molar-refractivity contribution in [3.63, 3.8) is 0 Å². The number of aryl methyl sites for hydroxylation is 1. The lowest BCUT2D eigenvalue weighted by Crippen LogP contribution is -2.36. The first-order chi connectivity index (χ1) is 13.3. The van der Waals surface area contributed by atoms with Gasteiger partial charge >= 0.3 is 10.2 Å². The zero-order valence-electron chi connectivity index (χ0n) is 15.6. The molecule has 28 heavy (non-hydrogen) atoms. The lowest BCUT2D eigenvalue weighted by atomic mass is 10.3. The number of halogens is 1. The lowest BCUT2D eigenvalue weighted by Gasteiger charge is -2.27. The first-order valence-corrected chi connectivity index (χ1v) is 10.3. The van der Waals surface area contributed by atoms with Crippen LogP contribution in [0.15, 0.2) is 16.5 Å². The summed E-state index contributed by atoms with van der Waals surface area (Å²) in [4.78, 5) is 10.5. The van der Waals surface area contributed by atoms with Gasteiger partial charge in [-0.3, -0.25) is 0 Å². The van der Waals surface area contributed by atoms with E-state index in [4.69, 9.17) is 20.8 Å². The van der Waals surface area contributed by atoms with E-state index in [-0.39, 0.29) is 5.28 Å². The smallest absolute Gasteiger partial charge is 0.323 e. The first-order valence-electron chi connectivity index (χ1n) is 8.57. The molecule has 0 aliphatic carbocycles. The van der Waals surface area contributed by atoms with Gasteiger partial charge in [0.2, 0.25) is 5.28 Å². The van der Waals surface area contributed by atoms with Gasteiger partial charge in [0.15, 0.2) is 17.2 Å². The third kappa shape index (κ3) is 3.24. The molecule has 0 unspecified atom stereocenters. The molecule has 1 aliphatic heterocycles. The first kappa shape index (κ1) is 19.1. The summed E-state index contributed by atoms with van der Waals surface area (Å²) in [5, 5.41) is 4.21. The summed E-state index contributed by atoms with van der Waals surface area (Å²) >= 11 is 6.11. The average molecular weight is 427 g/mol. The number of fused-ring (bicyclic) bond motifs is 1. The van der Waals surface area contributed by atoms with Crippen LogP contribution in [-0.4, -0.2) is 72.3 Å². The molecule has 1 fully saturated rings. The Morgan fingerprint density at radius 1 is 1.18 bits per heavy atom. The van der Waals surface area contributed by atoms with Crippen molar-refractivity contribution in [3.05, 3.63) is 23.1 Å². The van der Waals surface area contributed by atoms with E-state index in [0.29, 0.717) is 60.4 Å². The Bertz CT molecular complexity index is 1130. The molecule has 0 spiro atoms. The Balaban J connectivity index is 1.88. The van der Waals surface area contributed by atoms with Crippen molar-refractivity contribution >= 4 is 38.7 Å². The summed E-state index contributed by atoms with van der Waals surface area (Å²) in [5.74, 6) is 0.870. The largest absolute Gasteiger partial charge is 0.449 e. The molecule has 4 heterocycles. The van der Waals surface area contributed by atoms with Crippen molar-refractivity contribution in [1.82, 2.24) is 23.5 Å². The zero-order chi connectivity index (χ0) is 20.1. The Morgan fingerprint density at radius 2 is 1.89 bits per heavy atom. The minimum Gasteiger partial charge on any atom is -0.449 e. The van der Waals surface area contributed by atoms with Crippen LogP contribution in [0, 0.1) is 6.92 Å². The number of aromatic nitrogens is 4. The number of nitrogens with zero attached hydrogens (tertiary/aromatic N) is 6. The molecule has 1 aliphatic rings. The quantitative estimate of drug-likeness (QED) is 0.578. The molecule has 3 aromatic rings. The van der Waals surface area contributed by atoms with Gasteiger partial charge in [0.25, 0.3) is 0 Å². The molecule has 0 radical (unpaired) electrons. The van der Waals surface area contributed by atoms with Gasteiger partial charge in [-0.1, -0.05) is 0 Å². The minimum absolute atomic E-state index is 0.0898. The summed E-state index contributed by atoms with van der Waals surface area (Å²) in [6.07, 6.45) is 0. The number of anilines is 1. The topological polar surface area (TPSA) is 107 Å². The maximum atomic E-state index is 12.6. The van der Waals surface area contributed by atoms with E-state index in [1.54, 1.807) is 19.1 Å². The van der Waals surface area contributed by atoms with Crippen molar-refractivity contribution in [2.45, 2.75) is 6.92 Å². The van der Waals surface area contributed by atoms with Crippen LogP contribution in [0.2, 0.25) is 5.28 Å². The van der Waals surface area contributed by atoms with Crippen LogP contribution < -0.4 is 4.90 Å². The highest BCUT2D eigenvalue weighted by Crippen LogP contribution is 2.34. The fourth-order valence-corrected chi connectivity index (χ4v) is 4.08. The van der Waals surface area contributed by atoms with Crippen LogP contribution in [0.4, 0.5) is 5.82 Å². The third-order valence-electron chi connectivity index (χ3n) is 4.37. The molecule has 0 aromatic carbocycles. The summed E-state index contributed by atoms with van der Waals surface area (Å²) < 4.78 is 38.7. The second-order valence-electron chi connectivity index (χ2n) is 6.54. The number of hydrogen-bond acceptors (Lipinski definition) is 8. The lowest BCUT2D eigenvalue weighted by molar-refractivity contribution is 0.122. The van der Waals surface area contributed by atoms with Gasteiger partial charge in [-0.05, 0) is 24.6 Å². The highest BCUT2D eigenvalue weighted by atomic mass is 35.5. The highest BCUT2D eigenvalue weighted by molar-refractivity contribution is 7.87. The van der Waals surface area contributed by atoms with E-state index in [1.807, 2.05) is 4.90 Å². The molecule has 4 rings (SSSR count). The summed E-state index contributed by atoms with van der Waals surface area (Å²) in [6, 6.07) is 3.28. The van der Waals surface area contributed by atoms with Crippen LogP contribution in [0.1, 0.15) is 5.69 Å². The molecule has 12 heteroatoms. The van der Waals surface area contributed by atoms with E-state index in [0.717, 1.165) is 8.39 Å². The predicted molar refractivity (Wildman–Crippen MR) is 104 cm³/mol. The average Bonchev–Trinajstić information content (AvgIpc) is 3.25. The molecule has 10 nitrogen and oxygen atoms in total. The molecular formula is C16H19ClN6O4S. The summed E-state index contributed by atoms with van der Waals surface area (Å²) in [7, 11) is -0.939. The molecule has 0 atom stereocenters. The Labute approximate surface area is 166 Å². The summed E-state index contributed by atoms with van der Waals surface area (Å²) in [5.41, 5.74) is 1.77. The van der Waals surface area contributed by atoms with Crippen LogP contribution in [-0.2, 0) is 14.9 Å². The van der Waals surface area contributed by atoms with Crippen LogP contribution in [0.3, 0.4) is 0 Å². The second kappa shape index (κ2) is 6.99. The normalized spacial score (nSPS) is 15.7. The molecule has 3 aromatic heterocycles. The maximum absolute atomic E-state index is 12.6. The Kier molecular flexibility index (Phi) is 4.78. The van der Waals surface area contributed by atoms with Crippen molar-refractivity contribution in [2.75, 3.05) is 45.3 Å². The predicted octanol–water partition coefficient (Wildman–Crippen LogP) is 1.54. The molecule has 0 saturated carbocycles. The molecule has 1 saturated heterocycles. The standard InChI is InChI=1S/C16H19ClN6O4S/c1-10-8-12(23(20-10)28(24,25)21(2)3)13-9-11-14(27-13)15(19-16(17)18-11)22-4-6-26-7-5-22/h8-9H,4-7H2,1-3H3. The Morgan fingerprint density at radius 3 is 2.57 bits per heavy atom. The van der Waals surface area contributed by atoms with Gasteiger partial charge in [0.05, 0.1) is 18.9 Å². The number of rotatable bonds is 4. The molecule has 0 amide bonds. The molecular weight excluding hydrogens is 408 g/mol. The van der Waals surface area contributed by atoms with Gasteiger partial charge in [-0.2, -0.15) is 22.8 Å². The summed E-state index contributed by atoms with van der Waals surface area (Å²) in [6.45, 7) is 4.15. The maximum Gasteiger partial charge on any atom is 0.323 e. The van der Waals surface area contributed by atoms with E-state index in [2.05, 4.69) is 15.1 Å². The number of morpholine rings is 1. The monoisotopic (exact) mass is 426 g/mol. The van der Waals surface area contributed by atoms with Crippen molar-refractivity contribution in [3.8, 4) is 11.5 Å². The van der Waals surface area contributed by atoms with Crippen molar-refractivity contribution in [2.24, 2.45) is 0 Å². The van der Waals surface area contributed by atoms with E-state index < -0.39 is 10.2 Å². The molecule has 150 valence electrons. The molecule has 0 N–H and O–H groups in total. The van der Waals surface area contributed by atoms with Crippen LogP contribution >= 0.6 is 11.6 Å². The SMILES string of the molecule is Cc1cc(-c2cc3nc(Cl)nc(N4CCOCC4)c3o2)n(S(=O)(=O)N(C)C)n1. The number of hydrogen-bond donors (Lipinski definition) is 0. The minimum atomic E-state index is -3.82. The fourth-order valence-electron chi connectivity index (χ4n) is 2.98. The van der Waals surface area contributed by atoms with Crippen molar-refractivity contribution < 1.29 is 17.6 Å². The van der Waals surface area contributed by atoms with Crippen LogP contribution in [0.5, 0.6) is 0 Å². The highest BCUT2D eigenvalue weighted by Gasteiger charge is 2.26. The Hall–Kier alpha value is -2.21. The molecule has 0 bridgehead atoms. The van der Waals surface area contributed by atoms with Crippen molar-refractivity contribution in [1.29, 1.82) is 0 Å².